The van der Waals surface area contributed by atoms with E-state index in [1.165, 1.54) is 19.4 Å². The number of nitro benzene ring substituents is 1. The molecule has 0 aliphatic carbocycles. The topological polar surface area (TPSA) is 114 Å². The number of hydrazone groups is 1. The molecule has 0 spiro atoms. The molecule has 9 heteroatoms. The van der Waals surface area contributed by atoms with Crippen molar-refractivity contribution in [2.45, 2.75) is 0 Å². The molecule has 0 saturated heterocycles. The summed E-state index contributed by atoms with van der Waals surface area (Å²) in [5.41, 5.74) is 2.47. The molecule has 8 nitrogen and oxygen atoms in total. The van der Waals surface area contributed by atoms with Crippen LogP contribution in [0.15, 0.2) is 46.0 Å². The van der Waals surface area contributed by atoms with Gasteiger partial charge in [-0.25, -0.2) is 5.43 Å². The van der Waals surface area contributed by atoms with E-state index in [0.29, 0.717) is 5.56 Å². The van der Waals surface area contributed by atoms with Crippen LogP contribution in [0.4, 0.5) is 5.69 Å². The lowest BCUT2D eigenvalue weighted by Crippen LogP contribution is -2.17. The summed E-state index contributed by atoms with van der Waals surface area (Å²) < 4.78 is 5.63. The largest absolute Gasteiger partial charge is 0.500 e. The Morgan fingerprint density at radius 3 is 2.79 bits per heavy atom. The minimum Gasteiger partial charge on any atom is -0.500 e. The molecular weight excluding hydrogens is 382 g/mol. The van der Waals surface area contributed by atoms with E-state index in [1.807, 2.05) is 0 Å². The van der Waals surface area contributed by atoms with Gasteiger partial charge >= 0.3 is 5.69 Å². The second-order valence-corrected chi connectivity index (χ2v) is 5.47. The highest BCUT2D eigenvalue weighted by Gasteiger charge is 2.19. The van der Waals surface area contributed by atoms with Gasteiger partial charge in [0.1, 0.15) is 0 Å². The molecule has 2 aromatic rings. The summed E-state index contributed by atoms with van der Waals surface area (Å²) in [6.07, 6.45) is 1.21. The number of phenolic OH excluding ortho intramolecular Hbond substituents is 1. The summed E-state index contributed by atoms with van der Waals surface area (Å²) in [5, 5.41) is 24.4. The lowest BCUT2D eigenvalue weighted by molar-refractivity contribution is -0.386. The zero-order valence-corrected chi connectivity index (χ0v) is 14.0. The zero-order chi connectivity index (χ0) is 17.7. The van der Waals surface area contributed by atoms with E-state index < -0.39 is 22.3 Å². The molecule has 1 amide bonds. The van der Waals surface area contributed by atoms with Crippen molar-refractivity contribution < 1.29 is 19.6 Å². The van der Waals surface area contributed by atoms with E-state index in [1.54, 1.807) is 24.3 Å². The summed E-state index contributed by atoms with van der Waals surface area (Å²) in [4.78, 5) is 22.1. The van der Waals surface area contributed by atoms with E-state index >= 15 is 0 Å². The molecule has 0 heterocycles. The number of carbonyl (C=O) groups is 1. The number of aromatic hydroxyl groups is 1. The fourth-order valence-electron chi connectivity index (χ4n) is 1.84. The molecule has 124 valence electrons. The Kier molecular flexibility index (Phi) is 5.48. The number of nitrogens with zero attached hydrogens (tertiary/aromatic N) is 2. The lowest BCUT2D eigenvalue weighted by atomic mass is 10.2. The quantitative estimate of drug-likeness (QED) is 0.460. The number of phenols is 1. The third-order valence-electron chi connectivity index (χ3n) is 2.96. The van der Waals surface area contributed by atoms with Crippen molar-refractivity contribution in [2.24, 2.45) is 5.10 Å². The van der Waals surface area contributed by atoms with Crippen molar-refractivity contribution in [2.75, 3.05) is 7.11 Å². The van der Waals surface area contributed by atoms with Crippen LogP contribution in [0.2, 0.25) is 0 Å². The number of hydrogen-bond donors (Lipinski definition) is 2. The second kappa shape index (κ2) is 7.55. The Labute approximate surface area is 145 Å². The molecule has 0 aliphatic rings. The van der Waals surface area contributed by atoms with Gasteiger partial charge in [-0.3, -0.25) is 14.9 Å². The predicted molar refractivity (Wildman–Crippen MR) is 90.5 cm³/mol. The maximum Gasteiger partial charge on any atom is 0.315 e. The number of rotatable bonds is 5. The van der Waals surface area contributed by atoms with Crippen molar-refractivity contribution >= 4 is 33.7 Å². The maximum absolute atomic E-state index is 11.9. The number of nitro groups is 1. The zero-order valence-electron chi connectivity index (χ0n) is 12.4. The van der Waals surface area contributed by atoms with E-state index in [9.17, 15) is 20.0 Å². The highest BCUT2D eigenvalue weighted by atomic mass is 79.9. The number of ether oxygens (including phenoxy) is 1. The normalized spacial score (nSPS) is 10.6. The summed E-state index contributed by atoms with van der Waals surface area (Å²) in [5.74, 6) is -1.07. The number of hydrogen-bond acceptors (Lipinski definition) is 6. The number of carbonyl (C=O) groups excluding carboxylic acids is 1. The predicted octanol–water partition coefficient (Wildman–Crippen LogP) is 2.84. The summed E-state index contributed by atoms with van der Waals surface area (Å²) in [6.45, 7) is 0. The molecule has 2 rings (SSSR count). The molecule has 0 bridgehead atoms. The van der Waals surface area contributed by atoms with Crippen LogP contribution in [-0.2, 0) is 0 Å². The third kappa shape index (κ3) is 4.07. The first-order valence-electron chi connectivity index (χ1n) is 6.56. The molecule has 0 atom stereocenters. The number of nitrogens with one attached hydrogen (secondary N) is 1. The van der Waals surface area contributed by atoms with Crippen LogP contribution in [-0.4, -0.2) is 29.3 Å². The van der Waals surface area contributed by atoms with Gasteiger partial charge in [-0.2, -0.15) is 5.10 Å². The maximum atomic E-state index is 11.9. The summed E-state index contributed by atoms with van der Waals surface area (Å²) in [6, 6.07) is 9.20. The van der Waals surface area contributed by atoms with Gasteiger partial charge in [-0.1, -0.05) is 22.0 Å². The van der Waals surface area contributed by atoms with E-state index in [2.05, 4.69) is 26.5 Å². The first-order chi connectivity index (χ1) is 11.4. The molecule has 0 fully saturated rings. The first-order valence-corrected chi connectivity index (χ1v) is 7.36. The van der Waals surface area contributed by atoms with Gasteiger partial charge < -0.3 is 9.84 Å². The van der Waals surface area contributed by atoms with Gasteiger partial charge in [0.05, 0.1) is 18.2 Å². The number of amides is 1. The molecule has 0 unspecified atom stereocenters. The SMILES string of the molecule is COc1cc(/C=N/NC(=O)c2cccc(Br)c2)cc([N+](=O)[O-])c1O. The van der Waals surface area contributed by atoms with Crippen LogP contribution >= 0.6 is 15.9 Å². The minimum absolute atomic E-state index is 0.0658. The second-order valence-electron chi connectivity index (χ2n) is 4.56. The van der Waals surface area contributed by atoms with Crippen LogP contribution in [0, 0.1) is 10.1 Å². The van der Waals surface area contributed by atoms with Crippen LogP contribution in [0.1, 0.15) is 15.9 Å². The van der Waals surface area contributed by atoms with Crippen LogP contribution in [0.3, 0.4) is 0 Å². The summed E-state index contributed by atoms with van der Waals surface area (Å²) in [7, 11) is 1.27. The molecule has 0 radical (unpaired) electrons. The van der Waals surface area contributed by atoms with Gasteiger partial charge in [0.15, 0.2) is 5.75 Å². The highest BCUT2D eigenvalue weighted by molar-refractivity contribution is 9.10. The average Bonchev–Trinajstić information content (AvgIpc) is 2.55. The average molecular weight is 394 g/mol. The molecule has 0 saturated carbocycles. The Hall–Kier alpha value is -2.94. The van der Waals surface area contributed by atoms with Crippen molar-refractivity contribution in [3.63, 3.8) is 0 Å². The van der Waals surface area contributed by atoms with Crippen LogP contribution in [0.5, 0.6) is 11.5 Å². The standard InChI is InChI=1S/C15H12BrN3O5/c1-24-13-6-9(5-12(14(13)20)19(22)23)8-17-18-15(21)10-3-2-4-11(16)7-10/h2-8,20H,1H3,(H,18,21)/b17-8+. The fraction of sp³-hybridized carbons (Fsp3) is 0.0667. The van der Waals surface area contributed by atoms with Crippen molar-refractivity contribution in [1.29, 1.82) is 0 Å². The van der Waals surface area contributed by atoms with Gasteiger partial charge in [0.25, 0.3) is 5.91 Å². The molecule has 2 N–H and O–H groups in total. The van der Waals surface area contributed by atoms with Crippen molar-refractivity contribution in [1.82, 2.24) is 5.43 Å². The summed E-state index contributed by atoms with van der Waals surface area (Å²) >= 11 is 3.26. The van der Waals surface area contributed by atoms with Crippen molar-refractivity contribution in [3.05, 3.63) is 62.1 Å². The molecule has 24 heavy (non-hydrogen) atoms. The third-order valence-corrected chi connectivity index (χ3v) is 3.45. The Morgan fingerprint density at radius 1 is 1.42 bits per heavy atom. The number of halogens is 1. The van der Waals surface area contributed by atoms with E-state index in [-0.39, 0.29) is 11.3 Å². The monoisotopic (exact) mass is 393 g/mol. The minimum atomic E-state index is -0.741. The Bertz CT molecular complexity index is 823. The molecule has 0 aromatic heterocycles. The highest BCUT2D eigenvalue weighted by Crippen LogP contribution is 2.36. The van der Waals surface area contributed by atoms with Crippen LogP contribution in [0.25, 0.3) is 0 Å². The number of benzene rings is 2. The van der Waals surface area contributed by atoms with Crippen molar-refractivity contribution in [3.8, 4) is 11.5 Å². The molecular formula is C15H12BrN3O5. The Morgan fingerprint density at radius 2 is 2.17 bits per heavy atom. The lowest BCUT2D eigenvalue weighted by Gasteiger charge is -2.05. The molecule has 0 aliphatic heterocycles. The van der Waals surface area contributed by atoms with Gasteiger partial charge in [-0.05, 0) is 24.3 Å². The number of methoxy groups -OCH3 is 1. The fourth-order valence-corrected chi connectivity index (χ4v) is 2.24. The van der Waals surface area contributed by atoms with Crippen LogP contribution < -0.4 is 10.2 Å². The van der Waals surface area contributed by atoms with Gasteiger partial charge in [0, 0.05) is 21.7 Å². The van der Waals surface area contributed by atoms with Gasteiger partial charge in [-0.15, -0.1) is 0 Å². The van der Waals surface area contributed by atoms with E-state index in [0.717, 1.165) is 10.5 Å². The van der Waals surface area contributed by atoms with Gasteiger partial charge in [0.2, 0.25) is 5.75 Å². The van der Waals surface area contributed by atoms with E-state index in [4.69, 9.17) is 4.74 Å². The molecule has 2 aromatic carbocycles. The smallest absolute Gasteiger partial charge is 0.315 e. The first kappa shape index (κ1) is 17.4. The Balaban J connectivity index is 2.18.